The molecular weight excluding hydrogens is 372 g/mol. The van der Waals surface area contributed by atoms with E-state index in [1.54, 1.807) is 77.5 Å². The molecule has 0 spiro atoms. The number of ether oxygens (including phenoxy) is 4. The Bertz CT molecular complexity index is 892. The van der Waals surface area contributed by atoms with Gasteiger partial charge in [0, 0.05) is 5.56 Å². The van der Waals surface area contributed by atoms with Crippen LogP contribution >= 0.6 is 0 Å². The molecule has 29 heavy (non-hydrogen) atoms. The minimum atomic E-state index is -0.576. The maximum atomic E-state index is 12.5. The minimum absolute atomic E-state index is 0.192. The number of esters is 1. The van der Waals surface area contributed by atoms with Gasteiger partial charge in [-0.1, -0.05) is 24.3 Å². The van der Waals surface area contributed by atoms with Gasteiger partial charge in [-0.25, -0.2) is 4.79 Å². The first kappa shape index (κ1) is 22.0. The van der Waals surface area contributed by atoms with Gasteiger partial charge in [-0.2, -0.15) is 0 Å². The van der Waals surface area contributed by atoms with E-state index in [0.29, 0.717) is 22.8 Å². The summed E-state index contributed by atoms with van der Waals surface area (Å²) in [4.78, 5) is 24.2. The molecular formula is C23H26O6. The molecule has 2 aromatic rings. The van der Waals surface area contributed by atoms with Crippen molar-refractivity contribution >= 4 is 17.8 Å². The van der Waals surface area contributed by atoms with Crippen LogP contribution in [-0.2, 0) is 9.53 Å². The summed E-state index contributed by atoms with van der Waals surface area (Å²) < 4.78 is 21.1. The van der Waals surface area contributed by atoms with Crippen molar-refractivity contribution in [3.8, 4) is 17.2 Å². The Morgan fingerprint density at radius 3 is 2.34 bits per heavy atom. The van der Waals surface area contributed by atoms with Crippen LogP contribution in [-0.4, -0.2) is 38.2 Å². The highest BCUT2D eigenvalue weighted by Gasteiger charge is 2.16. The Morgan fingerprint density at radius 2 is 1.69 bits per heavy atom. The monoisotopic (exact) mass is 398 g/mol. The summed E-state index contributed by atoms with van der Waals surface area (Å²) >= 11 is 0. The Morgan fingerprint density at radius 1 is 0.966 bits per heavy atom. The van der Waals surface area contributed by atoms with Gasteiger partial charge in [0.05, 0.1) is 14.2 Å². The molecule has 0 saturated heterocycles. The van der Waals surface area contributed by atoms with E-state index in [-0.39, 0.29) is 12.4 Å². The lowest BCUT2D eigenvalue weighted by Crippen LogP contribution is -2.27. The van der Waals surface area contributed by atoms with E-state index in [2.05, 4.69) is 0 Å². The Kier molecular flexibility index (Phi) is 7.42. The molecule has 0 fully saturated rings. The van der Waals surface area contributed by atoms with Gasteiger partial charge in [0.1, 0.15) is 11.4 Å². The molecule has 0 aliphatic rings. The van der Waals surface area contributed by atoms with Crippen molar-refractivity contribution in [1.29, 1.82) is 0 Å². The predicted molar refractivity (Wildman–Crippen MR) is 111 cm³/mol. The van der Waals surface area contributed by atoms with Crippen molar-refractivity contribution in [2.75, 3.05) is 20.8 Å². The number of benzene rings is 2. The van der Waals surface area contributed by atoms with Crippen molar-refractivity contribution in [1.82, 2.24) is 0 Å². The number of hydrogen-bond acceptors (Lipinski definition) is 6. The summed E-state index contributed by atoms with van der Waals surface area (Å²) in [6, 6.07) is 12.0. The van der Waals surface area contributed by atoms with E-state index in [9.17, 15) is 9.59 Å². The quantitative estimate of drug-likeness (QED) is 0.375. The molecule has 2 rings (SSSR count). The zero-order chi connectivity index (χ0) is 21.4. The van der Waals surface area contributed by atoms with Gasteiger partial charge in [-0.3, -0.25) is 4.79 Å². The molecule has 0 aliphatic heterocycles. The zero-order valence-corrected chi connectivity index (χ0v) is 17.4. The van der Waals surface area contributed by atoms with Gasteiger partial charge < -0.3 is 18.9 Å². The SMILES string of the molecule is COc1ccc(/C=C/C(=O)c2cccc(OCC(=O)OC(C)(C)C)c2)cc1OC. The van der Waals surface area contributed by atoms with Crippen molar-refractivity contribution in [2.24, 2.45) is 0 Å². The molecule has 0 bridgehead atoms. The van der Waals surface area contributed by atoms with Crippen LogP contribution in [0.3, 0.4) is 0 Å². The second-order valence-electron chi connectivity index (χ2n) is 7.21. The number of methoxy groups -OCH3 is 2. The molecule has 154 valence electrons. The summed E-state index contributed by atoms with van der Waals surface area (Å²) in [5.74, 6) is 0.955. The van der Waals surface area contributed by atoms with Crippen LogP contribution in [0, 0.1) is 0 Å². The lowest BCUT2D eigenvalue weighted by molar-refractivity contribution is -0.157. The van der Waals surface area contributed by atoms with Crippen LogP contribution in [0.15, 0.2) is 48.5 Å². The van der Waals surface area contributed by atoms with E-state index < -0.39 is 11.6 Å². The number of ketones is 1. The molecule has 2 aromatic carbocycles. The fraction of sp³-hybridized carbons (Fsp3) is 0.304. The van der Waals surface area contributed by atoms with Crippen LogP contribution in [0.2, 0.25) is 0 Å². The molecule has 6 nitrogen and oxygen atoms in total. The van der Waals surface area contributed by atoms with Crippen LogP contribution in [0.25, 0.3) is 6.08 Å². The van der Waals surface area contributed by atoms with E-state index in [4.69, 9.17) is 18.9 Å². The van der Waals surface area contributed by atoms with E-state index in [1.165, 1.54) is 6.08 Å². The van der Waals surface area contributed by atoms with Gasteiger partial charge in [-0.05, 0) is 56.7 Å². The van der Waals surface area contributed by atoms with E-state index >= 15 is 0 Å². The predicted octanol–water partition coefficient (Wildman–Crippen LogP) is 4.32. The fourth-order valence-corrected chi connectivity index (χ4v) is 2.48. The molecule has 0 unspecified atom stereocenters. The van der Waals surface area contributed by atoms with Crippen LogP contribution in [0.1, 0.15) is 36.7 Å². The van der Waals surface area contributed by atoms with Crippen LogP contribution in [0.4, 0.5) is 0 Å². The molecule has 0 amide bonds. The van der Waals surface area contributed by atoms with E-state index in [1.807, 2.05) is 6.07 Å². The minimum Gasteiger partial charge on any atom is -0.493 e. The van der Waals surface area contributed by atoms with Crippen molar-refractivity contribution in [2.45, 2.75) is 26.4 Å². The maximum Gasteiger partial charge on any atom is 0.344 e. The topological polar surface area (TPSA) is 71.1 Å². The number of hydrogen-bond donors (Lipinski definition) is 0. The summed E-state index contributed by atoms with van der Waals surface area (Å²) in [6.45, 7) is 5.13. The second kappa shape index (κ2) is 9.78. The molecule has 0 aliphatic carbocycles. The highest BCUT2D eigenvalue weighted by Crippen LogP contribution is 2.28. The summed E-state index contributed by atoms with van der Waals surface area (Å²) in [5, 5.41) is 0. The highest BCUT2D eigenvalue weighted by atomic mass is 16.6. The number of carbonyl (C=O) groups excluding carboxylic acids is 2. The van der Waals surface area contributed by atoms with Gasteiger partial charge in [0.15, 0.2) is 23.9 Å². The van der Waals surface area contributed by atoms with Gasteiger partial charge in [0.2, 0.25) is 0 Å². The molecule has 0 saturated carbocycles. The van der Waals surface area contributed by atoms with E-state index in [0.717, 1.165) is 5.56 Å². The first-order valence-electron chi connectivity index (χ1n) is 9.11. The Labute approximate surface area is 171 Å². The molecule has 0 N–H and O–H groups in total. The normalized spacial score (nSPS) is 11.2. The summed E-state index contributed by atoms with van der Waals surface area (Å²) in [5.41, 5.74) is 0.671. The first-order valence-corrected chi connectivity index (χ1v) is 9.11. The fourth-order valence-electron chi connectivity index (χ4n) is 2.48. The third-order valence-corrected chi connectivity index (χ3v) is 3.73. The van der Waals surface area contributed by atoms with Gasteiger partial charge in [-0.15, -0.1) is 0 Å². The molecule has 0 atom stereocenters. The maximum absolute atomic E-state index is 12.5. The van der Waals surface area contributed by atoms with Crippen LogP contribution in [0.5, 0.6) is 17.2 Å². The van der Waals surface area contributed by atoms with Crippen molar-refractivity contribution < 1.29 is 28.5 Å². The smallest absolute Gasteiger partial charge is 0.344 e. The first-order chi connectivity index (χ1) is 13.7. The molecule has 0 aromatic heterocycles. The average molecular weight is 398 g/mol. The third kappa shape index (κ3) is 6.99. The molecule has 0 radical (unpaired) electrons. The van der Waals surface area contributed by atoms with Crippen molar-refractivity contribution in [3.63, 3.8) is 0 Å². The number of allylic oxidation sites excluding steroid dienone is 1. The lowest BCUT2D eigenvalue weighted by atomic mass is 10.1. The molecule has 6 heteroatoms. The Balaban J connectivity index is 2.03. The highest BCUT2D eigenvalue weighted by molar-refractivity contribution is 6.07. The van der Waals surface area contributed by atoms with Crippen molar-refractivity contribution in [3.05, 3.63) is 59.7 Å². The largest absolute Gasteiger partial charge is 0.493 e. The molecule has 0 heterocycles. The average Bonchev–Trinajstić information content (AvgIpc) is 2.69. The van der Waals surface area contributed by atoms with Crippen LogP contribution < -0.4 is 14.2 Å². The van der Waals surface area contributed by atoms with Gasteiger partial charge >= 0.3 is 5.97 Å². The zero-order valence-electron chi connectivity index (χ0n) is 17.4. The summed E-state index contributed by atoms with van der Waals surface area (Å²) in [6.07, 6.45) is 3.16. The van der Waals surface area contributed by atoms with Gasteiger partial charge in [0.25, 0.3) is 0 Å². The Hall–Kier alpha value is -3.28. The standard InChI is InChI=1S/C23H26O6/c1-23(2,3)29-22(25)15-28-18-8-6-7-17(14-18)19(24)11-9-16-10-12-20(26-4)21(13-16)27-5/h6-14H,15H2,1-5H3/b11-9+. The lowest BCUT2D eigenvalue weighted by Gasteiger charge is -2.19. The second-order valence-corrected chi connectivity index (χ2v) is 7.21. The summed E-state index contributed by atoms with van der Waals surface area (Å²) in [7, 11) is 3.12. The number of carbonyl (C=O) groups is 2. The third-order valence-electron chi connectivity index (χ3n) is 3.73. The number of rotatable bonds is 8.